The fourth-order valence-corrected chi connectivity index (χ4v) is 1.50. The third-order valence-corrected chi connectivity index (χ3v) is 2.51. The van der Waals surface area contributed by atoms with Gasteiger partial charge in [-0.3, -0.25) is 24.3 Å². The van der Waals surface area contributed by atoms with Crippen LogP contribution in [-0.4, -0.2) is 44.8 Å². The number of carboxylic acids is 1. The molecule has 1 heterocycles. The van der Waals surface area contributed by atoms with Gasteiger partial charge in [-0.05, 0) is 6.92 Å². The number of carboxylic acid groups (broad SMARTS) is 1. The van der Waals surface area contributed by atoms with E-state index in [0.717, 1.165) is 16.8 Å². The van der Waals surface area contributed by atoms with Crippen molar-refractivity contribution in [3.63, 3.8) is 0 Å². The summed E-state index contributed by atoms with van der Waals surface area (Å²) in [5.41, 5.74) is -0.983. The number of aromatic nitrogens is 2. The molecule has 2 N–H and O–H groups in total. The summed E-state index contributed by atoms with van der Waals surface area (Å²) in [6, 6.07) is 2.14. The van der Waals surface area contributed by atoms with Crippen molar-refractivity contribution in [2.24, 2.45) is 0 Å². The standard InChI is InChI=1S/C11H15N3O5/c1-2-13(6-5-11(18)19)10(17)7-14-9(16)4-3-8(15)12-14/h3-4H,2,5-7H2,1H3,(H,12,15)(H,18,19). The van der Waals surface area contributed by atoms with Gasteiger partial charge in [-0.1, -0.05) is 0 Å². The van der Waals surface area contributed by atoms with E-state index in [9.17, 15) is 19.2 Å². The molecule has 1 amide bonds. The lowest BCUT2D eigenvalue weighted by Crippen LogP contribution is -2.39. The van der Waals surface area contributed by atoms with Crippen molar-refractivity contribution in [2.75, 3.05) is 13.1 Å². The lowest BCUT2D eigenvalue weighted by atomic mass is 10.3. The molecule has 0 aliphatic heterocycles. The topological polar surface area (TPSA) is 112 Å². The Morgan fingerprint density at radius 2 is 2.05 bits per heavy atom. The first-order valence-corrected chi connectivity index (χ1v) is 5.73. The first kappa shape index (κ1) is 14.7. The molecular formula is C11H15N3O5. The Labute approximate surface area is 108 Å². The van der Waals surface area contributed by atoms with Crippen LogP contribution in [0.3, 0.4) is 0 Å². The molecule has 0 radical (unpaired) electrons. The zero-order valence-corrected chi connectivity index (χ0v) is 10.5. The van der Waals surface area contributed by atoms with E-state index in [1.165, 1.54) is 4.90 Å². The minimum Gasteiger partial charge on any atom is -0.481 e. The van der Waals surface area contributed by atoms with Crippen LogP contribution in [0.4, 0.5) is 0 Å². The van der Waals surface area contributed by atoms with Gasteiger partial charge in [0.05, 0.1) is 6.42 Å². The normalized spacial score (nSPS) is 10.2. The van der Waals surface area contributed by atoms with Gasteiger partial charge in [0.2, 0.25) is 5.91 Å². The molecular weight excluding hydrogens is 254 g/mol. The average molecular weight is 269 g/mol. The number of likely N-dealkylation sites (N-methyl/N-ethyl adjacent to an activating group) is 1. The van der Waals surface area contributed by atoms with E-state index in [1.807, 2.05) is 0 Å². The summed E-state index contributed by atoms with van der Waals surface area (Å²) in [5, 5.41) is 10.8. The number of nitrogens with one attached hydrogen (secondary N) is 1. The smallest absolute Gasteiger partial charge is 0.305 e. The second-order valence-electron chi connectivity index (χ2n) is 3.85. The van der Waals surface area contributed by atoms with Crippen LogP contribution in [0.5, 0.6) is 0 Å². The van der Waals surface area contributed by atoms with Crippen LogP contribution in [0.1, 0.15) is 13.3 Å². The number of H-pyrrole nitrogens is 1. The molecule has 0 aromatic carbocycles. The van der Waals surface area contributed by atoms with Crippen LogP contribution in [0.2, 0.25) is 0 Å². The van der Waals surface area contributed by atoms with Crippen LogP contribution >= 0.6 is 0 Å². The lowest BCUT2D eigenvalue weighted by Gasteiger charge is -2.20. The molecule has 0 aliphatic rings. The van der Waals surface area contributed by atoms with Crippen LogP contribution in [0.25, 0.3) is 0 Å². The quantitative estimate of drug-likeness (QED) is 0.677. The molecule has 1 aromatic heterocycles. The minimum absolute atomic E-state index is 0.0660. The van der Waals surface area contributed by atoms with Crippen molar-refractivity contribution in [3.05, 3.63) is 32.8 Å². The van der Waals surface area contributed by atoms with Crippen LogP contribution in [0.15, 0.2) is 21.7 Å². The van der Waals surface area contributed by atoms with Gasteiger partial charge >= 0.3 is 5.97 Å². The SMILES string of the molecule is CCN(CCC(=O)O)C(=O)Cn1[nH]c(=O)ccc1=O. The zero-order valence-electron chi connectivity index (χ0n) is 10.5. The maximum Gasteiger partial charge on any atom is 0.305 e. The molecule has 19 heavy (non-hydrogen) atoms. The average Bonchev–Trinajstić information content (AvgIpc) is 2.34. The predicted octanol–water partition coefficient (Wildman–Crippen LogP) is -1.14. The van der Waals surface area contributed by atoms with Crippen molar-refractivity contribution in [2.45, 2.75) is 19.9 Å². The Hall–Kier alpha value is -2.38. The Morgan fingerprint density at radius 1 is 1.37 bits per heavy atom. The number of aromatic amines is 1. The van der Waals surface area contributed by atoms with Crippen LogP contribution in [0, 0.1) is 0 Å². The van der Waals surface area contributed by atoms with Crippen molar-refractivity contribution >= 4 is 11.9 Å². The number of carbonyl (C=O) groups excluding carboxylic acids is 1. The van der Waals surface area contributed by atoms with Gasteiger partial charge in [0.25, 0.3) is 11.1 Å². The molecule has 0 fully saturated rings. The Kier molecular flexibility index (Phi) is 5.04. The highest BCUT2D eigenvalue weighted by molar-refractivity contribution is 5.76. The summed E-state index contributed by atoms with van der Waals surface area (Å²) < 4.78 is 0.897. The van der Waals surface area contributed by atoms with Gasteiger partial charge < -0.3 is 10.0 Å². The highest BCUT2D eigenvalue weighted by Crippen LogP contribution is 1.94. The number of nitrogens with zero attached hydrogens (tertiary/aromatic N) is 2. The third kappa shape index (κ3) is 4.41. The van der Waals surface area contributed by atoms with E-state index in [4.69, 9.17) is 5.11 Å². The van der Waals surface area contributed by atoms with E-state index in [-0.39, 0.29) is 19.5 Å². The third-order valence-electron chi connectivity index (χ3n) is 2.51. The predicted molar refractivity (Wildman–Crippen MR) is 65.8 cm³/mol. The number of carbonyl (C=O) groups is 2. The highest BCUT2D eigenvalue weighted by atomic mass is 16.4. The Morgan fingerprint density at radius 3 is 2.63 bits per heavy atom. The molecule has 0 saturated carbocycles. The first-order chi connectivity index (χ1) is 8.93. The highest BCUT2D eigenvalue weighted by Gasteiger charge is 2.14. The van der Waals surface area contributed by atoms with Gasteiger partial charge in [0.1, 0.15) is 6.54 Å². The van der Waals surface area contributed by atoms with E-state index in [1.54, 1.807) is 6.92 Å². The van der Waals surface area contributed by atoms with E-state index in [0.29, 0.717) is 6.54 Å². The van der Waals surface area contributed by atoms with Crippen molar-refractivity contribution in [1.82, 2.24) is 14.7 Å². The molecule has 8 heteroatoms. The summed E-state index contributed by atoms with van der Waals surface area (Å²) in [6.07, 6.45) is -0.167. The minimum atomic E-state index is -1.00. The number of aliphatic carboxylic acids is 1. The second kappa shape index (κ2) is 6.53. The molecule has 0 unspecified atom stereocenters. The maximum atomic E-state index is 11.9. The molecule has 0 saturated heterocycles. The largest absolute Gasteiger partial charge is 0.481 e. The summed E-state index contributed by atoms with van der Waals surface area (Å²) in [7, 11) is 0. The summed E-state index contributed by atoms with van der Waals surface area (Å²) >= 11 is 0. The van der Waals surface area contributed by atoms with Crippen LogP contribution < -0.4 is 11.1 Å². The number of amides is 1. The van der Waals surface area contributed by atoms with Gasteiger partial charge in [-0.25, -0.2) is 4.68 Å². The monoisotopic (exact) mass is 269 g/mol. The number of rotatable bonds is 6. The van der Waals surface area contributed by atoms with E-state index in [2.05, 4.69) is 5.10 Å². The number of hydrogen-bond acceptors (Lipinski definition) is 4. The van der Waals surface area contributed by atoms with Gasteiger partial charge in [0.15, 0.2) is 0 Å². The second-order valence-corrected chi connectivity index (χ2v) is 3.85. The first-order valence-electron chi connectivity index (χ1n) is 5.73. The van der Waals surface area contributed by atoms with Crippen molar-refractivity contribution in [3.8, 4) is 0 Å². The van der Waals surface area contributed by atoms with Crippen LogP contribution in [-0.2, 0) is 16.1 Å². The molecule has 0 aliphatic carbocycles. The molecule has 104 valence electrons. The number of hydrogen-bond donors (Lipinski definition) is 2. The Bertz CT molecular complexity index is 574. The van der Waals surface area contributed by atoms with E-state index < -0.39 is 23.0 Å². The maximum absolute atomic E-state index is 11.9. The molecule has 1 rings (SSSR count). The molecule has 8 nitrogen and oxygen atoms in total. The van der Waals surface area contributed by atoms with Gasteiger partial charge in [-0.15, -0.1) is 0 Å². The van der Waals surface area contributed by atoms with E-state index >= 15 is 0 Å². The summed E-state index contributed by atoms with van der Waals surface area (Å²) in [6.45, 7) is 1.78. The zero-order chi connectivity index (χ0) is 14.4. The van der Waals surface area contributed by atoms with Gasteiger partial charge in [0, 0.05) is 25.2 Å². The summed E-state index contributed by atoms with van der Waals surface area (Å²) in [5.74, 6) is -1.43. The van der Waals surface area contributed by atoms with Gasteiger partial charge in [-0.2, -0.15) is 0 Å². The molecule has 0 atom stereocenters. The fraction of sp³-hybridized carbons (Fsp3) is 0.455. The lowest BCUT2D eigenvalue weighted by molar-refractivity contribution is -0.138. The van der Waals surface area contributed by atoms with Crippen molar-refractivity contribution < 1.29 is 14.7 Å². The molecule has 0 spiro atoms. The molecule has 1 aromatic rings. The van der Waals surface area contributed by atoms with Crippen molar-refractivity contribution in [1.29, 1.82) is 0 Å². The summed E-state index contributed by atoms with van der Waals surface area (Å²) in [4.78, 5) is 46.1. The molecule has 0 bridgehead atoms. The Balaban J connectivity index is 2.76. The fourth-order valence-electron chi connectivity index (χ4n) is 1.50.